The van der Waals surface area contributed by atoms with Gasteiger partial charge in [0.15, 0.2) is 0 Å². The van der Waals surface area contributed by atoms with Crippen LogP contribution in [0.1, 0.15) is 25.7 Å². The van der Waals surface area contributed by atoms with E-state index in [0.717, 1.165) is 17.0 Å². The number of aromatic nitrogens is 2. The highest BCUT2D eigenvalue weighted by Crippen LogP contribution is 2.30. The van der Waals surface area contributed by atoms with Crippen molar-refractivity contribution in [3.8, 4) is 0 Å². The molecule has 1 N–H and O–H groups in total. The molecule has 2 atom stereocenters. The second kappa shape index (κ2) is 4.92. The van der Waals surface area contributed by atoms with Crippen molar-refractivity contribution in [1.29, 1.82) is 0 Å². The second-order valence-corrected chi connectivity index (χ2v) is 6.23. The molecule has 1 aromatic carbocycles. The zero-order valence-corrected chi connectivity index (χ0v) is 12.2. The van der Waals surface area contributed by atoms with E-state index in [0.29, 0.717) is 10.9 Å². The highest BCUT2D eigenvalue weighted by molar-refractivity contribution is 9.09. The number of anilines is 1. The molecule has 0 saturated heterocycles. The van der Waals surface area contributed by atoms with Crippen LogP contribution < -0.4 is 4.90 Å². The normalized spacial score (nSPS) is 24.3. The topological polar surface area (TPSA) is 31.9 Å². The SMILES string of the molecule is CN(c1nc2ccccc2[nH]1)C1CCCCC1Br. The maximum atomic E-state index is 4.67. The molecule has 0 bridgehead atoms. The third-order valence-corrected chi connectivity index (χ3v) is 4.92. The number of fused-ring (bicyclic) bond motifs is 1. The predicted octanol–water partition coefficient (Wildman–Crippen LogP) is 3.71. The van der Waals surface area contributed by atoms with E-state index in [-0.39, 0.29) is 0 Å². The van der Waals surface area contributed by atoms with Gasteiger partial charge >= 0.3 is 0 Å². The lowest BCUT2D eigenvalue weighted by molar-refractivity contribution is 0.441. The summed E-state index contributed by atoms with van der Waals surface area (Å²) in [6.07, 6.45) is 5.15. The Morgan fingerprint density at radius 3 is 2.83 bits per heavy atom. The summed E-state index contributed by atoms with van der Waals surface area (Å²) in [7, 11) is 2.14. The Kier molecular flexibility index (Phi) is 3.29. The maximum absolute atomic E-state index is 4.67. The fourth-order valence-electron chi connectivity index (χ4n) is 2.77. The van der Waals surface area contributed by atoms with Gasteiger partial charge in [0.25, 0.3) is 0 Å². The van der Waals surface area contributed by atoms with E-state index in [1.807, 2.05) is 12.1 Å². The lowest BCUT2D eigenvalue weighted by Gasteiger charge is -2.34. The molecule has 4 heteroatoms. The zero-order valence-electron chi connectivity index (χ0n) is 10.6. The number of hydrogen-bond acceptors (Lipinski definition) is 2. The number of nitrogens with zero attached hydrogens (tertiary/aromatic N) is 2. The fourth-order valence-corrected chi connectivity index (χ4v) is 3.71. The van der Waals surface area contributed by atoms with Crippen molar-refractivity contribution in [1.82, 2.24) is 9.97 Å². The fraction of sp³-hybridized carbons (Fsp3) is 0.500. The van der Waals surface area contributed by atoms with Crippen LogP contribution in [0.5, 0.6) is 0 Å². The van der Waals surface area contributed by atoms with Gasteiger partial charge < -0.3 is 9.88 Å². The number of H-pyrrole nitrogens is 1. The number of aromatic amines is 1. The molecule has 1 saturated carbocycles. The zero-order chi connectivity index (χ0) is 12.5. The molecule has 0 radical (unpaired) electrons. The van der Waals surface area contributed by atoms with Crippen LogP contribution in [0.25, 0.3) is 11.0 Å². The van der Waals surface area contributed by atoms with Crippen LogP contribution in [0.15, 0.2) is 24.3 Å². The Morgan fingerprint density at radius 1 is 1.28 bits per heavy atom. The summed E-state index contributed by atoms with van der Waals surface area (Å²) in [4.78, 5) is 10.9. The first-order chi connectivity index (χ1) is 8.75. The molecule has 2 aromatic rings. The molecule has 1 heterocycles. The average Bonchev–Trinajstić information content (AvgIpc) is 2.82. The highest BCUT2D eigenvalue weighted by Gasteiger charge is 2.27. The Labute approximate surface area is 116 Å². The first-order valence-corrected chi connectivity index (χ1v) is 7.49. The molecule has 3 rings (SSSR count). The quantitative estimate of drug-likeness (QED) is 0.858. The Bertz CT molecular complexity index is 504. The molecule has 0 amide bonds. The molecule has 18 heavy (non-hydrogen) atoms. The van der Waals surface area contributed by atoms with E-state index >= 15 is 0 Å². The molecule has 1 fully saturated rings. The van der Waals surface area contributed by atoms with Gasteiger partial charge in [-0.25, -0.2) is 4.98 Å². The number of imidazole rings is 1. The van der Waals surface area contributed by atoms with Crippen LogP contribution in [0, 0.1) is 0 Å². The Hall–Kier alpha value is -1.03. The van der Waals surface area contributed by atoms with Crippen LogP contribution in [0.4, 0.5) is 5.95 Å². The number of hydrogen-bond donors (Lipinski definition) is 1. The largest absolute Gasteiger partial charge is 0.341 e. The van der Waals surface area contributed by atoms with Gasteiger partial charge in [0, 0.05) is 17.9 Å². The van der Waals surface area contributed by atoms with Gasteiger partial charge in [-0.15, -0.1) is 0 Å². The summed E-state index contributed by atoms with van der Waals surface area (Å²) >= 11 is 3.81. The van der Waals surface area contributed by atoms with Gasteiger partial charge in [-0.1, -0.05) is 40.9 Å². The molecule has 2 unspecified atom stereocenters. The summed E-state index contributed by atoms with van der Waals surface area (Å²) in [5.41, 5.74) is 2.16. The van der Waals surface area contributed by atoms with Crippen LogP contribution in [-0.4, -0.2) is 27.9 Å². The number of alkyl halides is 1. The molecule has 0 spiro atoms. The Morgan fingerprint density at radius 2 is 2.06 bits per heavy atom. The van der Waals surface area contributed by atoms with E-state index in [2.05, 4.69) is 50.0 Å². The minimum atomic E-state index is 0.541. The van der Waals surface area contributed by atoms with Crippen molar-refractivity contribution >= 4 is 32.9 Å². The van der Waals surface area contributed by atoms with Crippen molar-refractivity contribution in [2.24, 2.45) is 0 Å². The lowest BCUT2D eigenvalue weighted by Crippen LogP contribution is -2.41. The van der Waals surface area contributed by atoms with Crippen molar-refractivity contribution < 1.29 is 0 Å². The summed E-state index contributed by atoms with van der Waals surface area (Å²) < 4.78 is 0. The molecule has 0 aliphatic heterocycles. The highest BCUT2D eigenvalue weighted by atomic mass is 79.9. The standard InChI is InChI=1S/C14H18BrN3/c1-18(13-9-5-2-6-10(13)15)14-16-11-7-3-4-8-12(11)17-14/h3-4,7-8,10,13H,2,5-6,9H2,1H3,(H,16,17). The van der Waals surface area contributed by atoms with Crippen molar-refractivity contribution in [3.05, 3.63) is 24.3 Å². The van der Waals surface area contributed by atoms with E-state index in [4.69, 9.17) is 0 Å². The summed E-state index contributed by atoms with van der Waals surface area (Å²) in [5.74, 6) is 0.979. The molecule has 96 valence electrons. The first kappa shape index (κ1) is 12.0. The third kappa shape index (κ3) is 2.14. The van der Waals surface area contributed by atoms with Crippen LogP contribution in [0.3, 0.4) is 0 Å². The van der Waals surface area contributed by atoms with Gasteiger partial charge in [-0.2, -0.15) is 0 Å². The van der Waals surface area contributed by atoms with Crippen molar-refractivity contribution in [2.75, 3.05) is 11.9 Å². The van der Waals surface area contributed by atoms with E-state index in [9.17, 15) is 0 Å². The molecule has 1 aliphatic rings. The summed E-state index contributed by atoms with van der Waals surface area (Å²) in [5, 5.41) is 0. The minimum absolute atomic E-state index is 0.541. The number of halogens is 1. The maximum Gasteiger partial charge on any atom is 0.203 e. The van der Waals surface area contributed by atoms with Crippen LogP contribution in [-0.2, 0) is 0 Å². The molecule has 1 aliphatic carbocycles. The monoisotopic (exact) mass is 307 g/mol. The van der Waals surface area contributed by atoms with Crippen molar-refractivity contribution in [2.45, 2.75) is 36.6 Å². The second-order valence-electron chi connectivity index (χ2n) is 5.06. The van der Waals surface area contributed by atoms with Gasteiger partial charge in [-0.05, 0) is 25.0 Å². The van der Waals surface area contributed by atoms with Crippen molar-refractivity contribution in [3.63, 3.8) is 0 Å². The first-order valence-electron chi connectivity index (χ1n) is 6.57. The minimum Gasteiger partial charge on any atom is -0.341 e. The predicted molar refractivity (Wildman–Crippen MR) is 79.5 cm³/mol. The smallest absolute Gasteiger partial charge is 0.203 e. The van der Waals surface area contributed by atoms with Gasteiger partial charge in [0.2, 0.25) is 5.95 Å². The number of nitrogens with one attached hydrogen (secondary N) is 1. The summed E-state index contributed by atoms with van der Waals surface area (Å²) in [6, 6.07) is 8.74. The number of rotatable bonds is 2. The molecule has 1 aromatic heterocycles. The van der Waals surface area contributed by atoms with Crippen LogP contribution in [0.2, 0.25) is 0 Å². The molecular weight excluding hydrogens is 290 g/mol. The molecular formula is C14H18BrN3. The lowest BCUT2D eigenvalue weighted by atomic mass is 9.94. The van der Waals surface area contributed by atoms with Gasteiger partial charge in [-0.3, -0.25) is 0 Å². The average molecular weight is 308 g/mol. The third-order valence-electron chi connectivity index (χ3n) is 3.86. The van der Waals surface area contributed by atoms with E-state index in [1.54, 1.807) is 0 Å². The number of benzene rings is 1. The summed E-state index contributed by atoms with van der Waals surface area (Å²) in [6.45, 7) is 0. The van der Waals surface area contributed by atoms with Gasteiger partial charge in [0.1, 0.15) is 0 Å². The molecule has 3 nitrogen and oxygen atoms in total. The van der Waals surface area contributed by atoms with E-state index in [1.165, 1.54) is 25.7 Å². The Balaban J connectivity index is 1.88. The van der Waals surface area contributed by atoms with Crippen LogP contribution >= 0.6 is 15.9 Å². The number of para-hydroxylation sites is 2. The van der Waals surface area contributed by atoms with Gasteiger partial charge in [0.05, 0.1) is 11.0 Å². The van der Waals surface area contributed by atoms with E-state index < -0.39 is 0 Å².